The first-order valence-corrected chi connectivity index (χ1v) is 6.59. The van der Waals surface area contributed by atoms with Gasteiger partial charge in [-0.3, -0.25) is 9.36 Å². The van der Waals surface area contributed by atoms with E-state index in [2.05, 4.69) is 10.3 Å². The Kier molecular flexibility index (Phi) is 3.84. The number of carboxylic acids is 1. The fourth-order valence-corrected chi connectivity index (χ4v) is 2.17. The lowest BCUT2D eigenvalue weighted by Gasteiger charge is -2.15. The fraction of sp³-hybridized carbons (Fsp3) is 0.357. The smallest absolute Gasteiger partial charge is 0.335 e. The Morgan fingerprint density at radius 2 is 1.95 bits per heavy atom. The van der Waals surface area contributed by atoms with Crippen LogP contribution < -0.4 is 11.0 Å². The summed E-state index contributed by atoms with van der Waals surface area (Å²) in [6.07, 6.45) is 0. The van der Waals surface area contributed by atoms with Gasteiger partial charge in [-0.1, -0.05) is 0 Å². The SMILES string of the molecule is CC(C)NC(=O)C(C)n1c(=O)[nH]c2cc(C(=O)O)ccc21. The van der Waals surface area contributed by atoms with Gasteiger partial charge in [0, 0.05) is 6.04 Å². The number of carbonyl (C=O) groups excluding carboxylic acids is 1. The van der Waals surface area contributed by atoms with Crippen LogP contribution >= 0.6 is 0 Å². The molecule has 3 N–H and O–H groups in total. The predicted octanol–water partition coefficient (Wildman–Crippen LogP) is 1.11. The van der Waals surface area contributed by atoms with E-state index in [9.17, 15) is 14.4 Å². The Balaban J connectivity index is 2.49. The van der Waals surface area contributed by atoms with Gasteiger partial charge >= 0.3 is 11.7 Å². The highest BCUT2D eigenvalue weighted by Crippen LogP contribution is 2.17. The summed E-state index contributed by atoms with van der Waals surface area (Å²) < 4.78 is 1.32. The van der Waals surface area contributed by atoms with E-state index < -0.39 is 17.7 Å². The third-order valence-corrected chi connectivity index (χ3v) is 3.16. The maximum atomic E-state index is 12.0. The van der Waals surface area contributed by atoms with E-state index in [-0.39, 0.29) is 17.5 Å². The lowest BCUT2D eigenvalue weighted by atomic mass is 10.2. The topological polar surface area (TPSA) is 104 Å². The number of nitrogens with one attached hydrogen (secondary N) is 2. The molecule has 1 aromatic carbocycles. The standard InChI is InChI=1S/C14H17N3O4/c1-7(2)15-12(18)8(3)17-11-5-4-9(13(19)20)6-10(11)16-14(17)21/h4-8H,1-3H3,(H,15,18)(H,16,21)(H,19,20). The van der Waals surface area contributed by atoms with Gasteiger partial charge in [0.15, 0.2) is 0 Å². The monoisotopic (exact) mass is 291 g/mol. The first-order chi connectivity index (χ1) is 9.81. The highest BCUT2D eigenvalue weighted by atomic mass is 16.4. The summed E-state index contributed by atoms with van der Waals surface area (Å²) in [4.78, 5) is 37.6. The number of aromatic carboxylic acids is 1. The second-order valence-electron chi connectivity index (χ2n) is 5.18. The molecule has 0 spiro atoms. The van der Waals surface area contributed by atoms with Gasteiger partial charge in [0.25, 0.3) is 0 Å². The zero-order valence-electron chi connectivity index (χ0n) is 12.0. The van der Waals surface area contributed by atoms with Gasteiger partial charge in [-0.05, 0) is 39.0 Å². The number of hydrogen-bond acceptors (Lipinski definition) is 3. The van der Waals surface area contributed by atoms with E-state index in [1.54, 1.807) is 6.92 Å². The van der Waals surface area contributed by atoms with Gasteiger partial charge in [0.1, 0.15) is 6.04 Å². The molecule has 0 fully saturated rings. The number of carboxylic acid groups (broad SMARTS) is 1. The minimum Gasteiger partial charge on any atom is -0.478 e. The maximum Gasteiger partial charge on any atom is 0.335 e. The van der Waals surface area contributed by atoms with Crippen molar-refractivity contribution in [1.82, 2.24) is 14.9 Å². The van der Waals surface area contributed by atoms with Crippen molar-refractivity contribution in [2.45, 2.75) is 32.9 Å². The molecule has 7 nitrogen and oxygen atoms in total. The molecule has 1 aromatic heterocycles. The van der Waals surface area contributed by atoms with Crippen LogP contribution in [0.4, 0.5) is 0 Å². The number of aromatic amines is 1. The molecule has 112 valence electrons. The highest BCUT2D eigenvalue weighted by molar-refractivity contribution is 5.92. The van der Waals surface area contributed by atoms with E-state index in [0.29, 0.717) is 11.0 Å². The molecule has 0 bridgehead atoms. The van der Waals surface area contributed by atoms with E-state index in [4.69, 9.17) is 5.11 Å². The normalized spacial score (nSPS) is 12.6. The molecule has 0 radical (unpaired) electrons. The number of hydrogen-bond donors (Lipinski definition) is 3. The molecular formula is C14H17N3O4. The molecule has 1 atom stereocenters. The number of fused-ring (bicyclic) bond motifs is 1. The minimum absolute atomic E-state index is 0.0283. The van der Waals surface area contributed by atoms with Crippen LogP contribution in [0.15, 0.2) is 23.0 Å². The Hall–Kier alpha value is -2.57. The van der Waals surface area contributed by atoms with Crippen LogP contribution in [0.3, 0.4) is 0 Å². The molecule has 1 amide bonds. The van der Waals surface area contributed by atoms with Crippen molar-refractivity contribution in [3.05, 3.63) is 34.2 Å². The zero-order chi connectivity index (χ0) is 15.7. The predicted molar refractivity (Wildman–Crippen MR) is 77.5 cm³/mol. The third-order valence-electron chi connectivity index (χ3n) is 3.16. The Bertz CT molecular complexity index is 757. The van der Waals surface area contributed by atoms with Crippen molar-refractivity contribution in [3.63, 3.8) is 0 Å². The molecule has 1 heterocycles. The second-order valence-corrected chi connectivity index (χ2v) is 5.18. The highest BCUT2D eigenvalue weighted by Gasteiger charge is 2.20. The summed E-state index contributed by atoms with van der Waals surface area (Å²) in [6, 6.07) is 3.59. The van der Waals surface area contributed by atoms with Crippen molar-refractivity contribution >= 4 is 22.9 Å². The van der Waals surface area contributed by atoms with E-state index in [1.807, 2.05) is 13.8 Å². The quantitative estimate of drug-likeness (QED) is 0.785. The van der Waals surface area contributed by atoms with Crippen molar-refractivity contribution in [1.29, 1.82) is 0 Å². The number of carbonyl (C=O) groups is 2. The van der Waals surface area contributed by atoms with Gasteiger partial charge in [-0.15, -0.1) is 0 Å². The summed E-state index contributed by atoms with van der Waals surface area (Å²) in [5.74, 6) is -1.34. The summed E-state index contributed by atoms with van der Waals surface area (Å²) >= 11 is 0. The fourth-order valence-electron chi connectivity index (χ4n) is 2.17. The number of rotatable bonds is 4. The van der Waals surface area contributed by atoms with E-state index in [0.717, 1.165) is 0 Å². The number of imidazole rings is 1. The number of H-pyrrole nitrogens is 1. The number of aromatic nitrogens is 2. The van der Waals surface area contributed by atoms with Crippen LogP contribution in [0.1, 0.15) is 37.2 Å². The van der Waals surface area contributed by atoms with Crippen molar-refractivity contribution < 1.29 is 14.7 Å². The van der Waals surface area contributed by atoms with Crippen LogP contribution in [-0.2, 0) is 4.79 Å². The summed E-state index contributed by atoms with van der Waals surface area (Å²) in [5, 5.41) is 11.7. The van der Waals surface area contributed by atoms with Crippen molar-refractivity contribution in [2.75, 3.05) is 0 Å². The molecule has 2 aromatic rings. The van der Waals surface area contributed by atoms with Gasteiger partial charge in [0.2, 0.25) is 5.91 Å². The third kappa shape index (κ3) is 2.81. The lowest BCUT2D eigenvalue weighted by Crippen LogP contribution is -2.38. The number of amides is 1. The van der Waals surface area contributed by atoms with Crippen LogP contribution in [-0.4, -0.2) is 32.6 Å². The first-order valence-electron chi connectivity index (χ1n) is 6.59. The van der Waals surface area contributed by atoms with Gasteiger partial charge in [-0.25, -0.2) is 9.59 Å². The van der Waals surface area contributed by atoms with Gasteiger partial charge < -0.3 is 15.4 Å². The Morgan fingerprint density at radius 1 is 1.29 bits per heavy atom. The Labute approximate surface area is 120 Å². The largest absolute Gasteiger partial charge is 0.478 e. The lowest BCUT2D eigenvalue weighted by molar-refractivity contribution is -0.124. The molecular weight excluding hydrogens is 274 g/mol. The molecule has 0 saturated heterocycles. The summed E-state index contributed by atoms with van der Waals surface area (Å²) in [6.45, 7) is 5.29. The number of nitrogens with zero attached hydrogens (tertiary/aromatic N) is 1. The zero-order valence-corrected chi connectivity index (χ0v) is 12.0. The summed E-state index contributed by atoms with van der Waals surface area (Å²) in [7, 11) is 0. The number of benzene rings is 1. The van der Waals surface area contributed by atoms with Crippen LogP contribution in [0, 0.1) is 0 Å². The van der Waals surface area contributed by atoms with Crippen LogP contribution in [0.2, 0.25) is 0 Å². The van der Waals surface area contributed by atoms with E-state index in [1.165, 1.54) is 22.8 Å². The van der Waals surface area contributed by atoms with Crippen LogP contribution in [0.5, 0.6) is 0 Å². The van der Waals surface area contributed by atoms with Crippen LogP contribution in [0.25, 0.3) is 11.0 Å². The molecule has 0 saturated carbocycles. The second kappa shape index (κ2) is 5.43. The molecule has 1 unspecified atom stereocenters. The Morgan fingerprint density at radius 3 is 2.52 bits per heavy atom. The van der Waals surface area contributed by atoms with Crippen molar-refractivity contribution in [2.24, 2.45) is 0 Å². The molecule has 7 heteroatoms. The average Bonchev–Trinajstić information content (AvgIpc) is 2.71. The van der Waals surface area contributed by atoms with Gasteiger partial charge in [-0.2, -0.15) is 0 Å². The van der Waals surface area contributed by atoms with Gasteiger partial charge in [0.05, 0.1) is 16.6 Å². The minimum atomic E-state index is -1.07. The summed E-state index contributed by atoms with van der Waals surface area (Å²) in [5.41, 5.74) is 0.523. The van der Waals surface area contributed by atoms with E-state index >= 15 is 0 Å². The average molecular weight is 291 g/mol. The molecule has 0 aliphatic rings. The molecule has 0 aliphatic heterocycles. The first kappa shape index (κ1) is 14.8. The molecule has 0 aliphatic carbocycles. The molecule has 2 rings (SSSR count). The van der Waals surface area contributed by atoms with Crippen molar-refractivity contribution in [3.8, 4) is 0 Å². The maximum absolute atomic E-state index is 12.0. The molecule has 21 heavy (non-hydrogen) atoms.